The molecule has 118 valence electrons. The van der Waals surface area contributed by atoms with Crippen LogP contribution in [0.25, 0.3) is 0 Å². The molecule has 0 fully saturated rings. The van der Waals surface area contributed by atoms with Crippen molar-refractivity contribution in [2.24, 2.45) is 4.99 Å². The highest BCUT2D eigenvalue weighted by Gasteiger charge is 2.24. The van der Waals surface area contributed by atoms with Crippen molar-refractivity contribution in [2.45, 2.75) is 58.8 Å². The van der Waals surface area contributed by atoms with Crippen LogP contribution in [0.15, 0.2) is 41.1 Å². The number of nitrogens with zero attached hydrogens (tertiary/aromatic N) is 1. The molecule has 0 heterocycles. The van der Waals surface area contributed by atoms with Gasteiger partial charge in [0.05, 0.1) is 0 Å². The van der Waals surface area contributed by atoms with Crippen molar-refractivity contribution in [3.63, 3.8) is 0 Å². The van der Waals surface area contributed by atoms with Crippen LogP contribution in [0.4, 0.5) is 0 Å². The highest BCUT2D eigenvalue weighted by Crippen LogP contribution is 2.37. The fraction of sp³-hybridized carbons (Fsp3) is 0.450. The second kappa shape index (κ2) is 5.75. The van der Waals surface area contributed by atoms with Crippen molar-refractivity contribution >= 4 is 6.21 Å². The second-order valence-corrected chi connectivity index (χ2v) is 8.01. The summed E-state index contributed by atoms with van der Waals surface area (Å²) >= 11 is 0. The Balaban J connectivity index is 2.52. The Labute approximate surface area is 134 Å². The topological polar surface area (TPSA) is 32.6 Å². The molecule has 1 aliphatic rings. The van der Waals surface area contributed by atoms with E-state index in [0.29, 0.717) is 5.75 Å². The Kier molecular flexibility index (Phi) is 4.32. The van der Waals surface area contributed by atoms with Crippen LogP contribution in [0.2, 0.25) is 0 Å². The van der Waals surface area contributed by atoms with Crippen molar-refractivity contribution in [2.75, 3.05) is 0 Å². The molecule has 1 aromatic carbocycles. The van der Waals surface area contributed by atoms with E-state index in [1.165, 1.54) is 5.56 Å². The van der Waals surface area contributed by atoms with Crippen molar-refractivity contribution in [3.05, 3.63) is 52.7 Å². The summed E-state index contributed by atoms with van der Waals surface area (Å²) in [5, 5.41) is 10.7. The van der Waals surface area contributed by atoms with E-state index in [4.69, 9.17) is 0 Å². The SMILES string of the molecule is CC(C)(C)c1cc(C=NC2=CC=CC2)c(O)c(C(C)(C)C)c1. The first-order valence-corrected chi connectivity index (χ1v) is 7.87. The third-order valence-electron chi connectivity index (χ3n) is 3.93. The monoisotopic (exact) mass is 297 g/mol. The van der Waals surface area contributed by atoms with Gasteiger partial charge in [0.1, 0.15) is 5.75 Å². The van der Waals surface area contributed by atoms with E-state index in [9.17, 15) is 5.11 Å². The summed E-state index contributed by atoms with van der Waals surface area (Å²) in [5.74, 6) is 0.343. The van der Waals surface area contributed by atoms with E-state index >= 15 is 0 Å². The van der Waals surface area contributed by atoms with Crippen LogP contribution < -0.4 is 0 Å². The molecule has 2 rings (SSSR count). The lowest BCUT2D eigenvalue weighted by Gasteiger charge is -2.27. The standard InChI is InChI=1S/C20H27NO/c1-19(2,3)15-11-14(13-21-16-9-7-8-10-16)18(22)17(12-15)20(4,5)6/h7-9,11-13,22H,10H2,1-6H3. The number of hydrogen-bond acceptors (Lipinski definition) is 2. The minimum Gasteiger partial charge on any atom is -0.507 e. The predicted octanol–water partition coefficient (Wildman–Crippen LogP) is 5.25. The summed E-state index contributed by atoms with van der Waals surface area (Å²) in [6.07, 6.45) is 8.75. The zero-order valence-corrected chi connectivity index (χ0v) is 14.6. The predicted molar refractivity (Wildman–Crippen MR) is 94.9 cm³/mol. The number of aromatic hydroxyl groups is 1. The van der Waals surface area contributed by atoms with E-state index < -0.39 is 0 Å². The van der Waals surface area contributed by atoms with Crippen molar-refractivity contribution in [3.8, 4) is 5.75 Å². The van der Waals surface area contributed by atoms with Crippen LogP contribution in [0.1, 0.15) is 64.7 Å². The van der Waals surface area contributed by atoms with Crippen LogP contribution >= 0.6 is 0 Å². The summed E-state index contributed by atoms with van der Waals surface area (Å²) in [6.45, 7) is 12.9. The molecular formula is C20H27NO. The van der Waals surface area contributed by atoms with Crippen LogP contribution in [0.3, 0.4) is 0 Å². The molecule has 0 radical (unpaired) electrons. The first kappa shape index (κ1) is 16.5. The van der Waals surface area contributed by atoms with Gasteiger partial charge in [-0.15, -0.1) is 0 Å². The summed E-state index contributed by atoms with van der Waals surface area (Å²) in [7, 11) is 0. The molecule has 0 bridgehead atoms. The van der Waals surface area contributed by atoms with E-state index in [0.717, 1.165) is 23.2 Å². The summed E-state index contributed by atoms with van der Waals surface area (Å²) in [4.78, 5) is 4.51. The molecule has 0 unspecified atom stereocenters. The Morgan fingerprint density at radius 1 is 1.05 bits per heavy atom. The molecule has 2 nitrogen and oxygen atoms in total. The fourth-order valence-corrected chi connectivity index (χ4v) is 2.44. The molecule has 0 atom stereocenters. The average molecular weight is 297 g/mol. The maximum atomic E-state index is 10.7. The minimum absolute atomic E-state index is 0.0322. The van der Waals surface area contributed by atoms with Gasteiger partial charge in [-0.05, 0) is 28.5 Å². The Bertz CT molecular complexity index is 650. The van der Waals surface area contributed by atoms with Crippen LogP contribution in [-0.2, 0) is 10.8 Å². The average Bonchev–Trinajstić information content (AvgIpc) is 2.87. The maximum Gasteiger partial charge on any atom is 0.128 e. The maximum absolute atomic E-state index is 10.7. The molecular weight excluding hydrogens is 270 g/mol. The first-order valence-electron chi connectivity index (χ1n) is 7.87. The van der Waals surface area contributed by atoms with Crippen molar-refractivity contribution < 1.29 is 5.11 Å². The number of rotatable bonds is 2. The number of phenolic OH excluding ortho intramolecular Hbond substituents is 1. The molecule has 0 spiro atoms. The lowest BCUT2D eigenvalue weighted by Crippen LogP contribution is -2.17. The van der Waals surface area contributed by atoms with E-state index in [1.807, 2.05) is 12.2 Å². The molecule has 0 saturated heterocycles. The molecule has 1 N–H and O–H groups in total. The van der Waals surface area contributed by atoms with E-state index in [1.54, 1.807) is 6.21 Å². The molecule has 0 aromatic heterocycles. The van der Waals surface area contributed by atoms with E-state index in [-0.39, 0.29) is 10.8 Å². The normalized spacial score (nSPS) is 15.6. The van der Waals surface area contributed by atoms with Gasteiger partial charge < -0.3 is 5.11 Å². The third kappa shape index (κ3) is 3.68. The molecule has 22 heavy (non-hydrogen) atoms. The fourth-order valence-electron chi connectivity index (χ4n) is 2.44. The lowest BCUT2D eigenvalue weighted by molar-refractivity contribution is 0.444. The number of hydrogen-bond donors (Lipinski definition) is 1. The molecule has 2 heteroatoms. The van der Waals surface area contributed by atoms with Crippen LogP contribution in [-0.4, -0.2) is 11.3 Å². The number of aliphatic imine (C=N–C) groups is 1. The summed E-state index contributed by atoms with van der Waals surface area (Å²) in [6, 6.07) is 4.18. The molecule has 1 aliphatic carbocycles. The third-order valence-corrected chi connectivity index (χ3v) is 3.93. The first-order chi connectivity index (χ1) is 10.1. The molecule has 1 aromatic rings. The van der Waals surface area contributed by atoms with Gasteiger partial charge in [0.15, 0.2) is 0 Å². The highest BCUT2D eigenvalue weighted by atomic mass is 16.3. The van der Waals surface area contributed by atoms with Crippen LogP contribution in [0, 0.1) is 0 Å². The smallest absolute Gasteiger partial charge is 0.128 e. The largest absolute Gasteiger partial charge is 0.507 e. The van der Waals surface area contributed by atoms with Crippen molar-refractivity contribution in [1.29, 1.82) is 0 Å². The number of allylic oxidation sites excluding steroid dienone is 3. The Hall–Kier alpha value is -1.83. The van der Waals surface area contributed by atoms with Gasteiger partial charge >= 0.3 is 0 Å². The van der Waals surface area contributed by atoms with Gasteiger partial charge in [0.25, 0.3) is 0 Å². The van der Waals surface area contributed by atoms with Crippen molar-refractivity contribution in [1.82, 2.24) is 0 Å². The molecule has 0 aliphatic heterocycles. The zero-order valence-electron chi connectivity index (χ0n) is 14.6. The molecule has 0 saturated carbocycles. The quantitative estimate of drug-likeness (QED) is 0.743. The summed E-state index contributed by atoms with van der Waals surface area (Å²) < 4.78 is 0. The minimum atomic E-state index is -0.109. The number of benzene rings is 1. The van der Waals surface area contributed by atoms with Gasteiger partial charge in [-0.2, -0.15) is 0 Å². The zero-order chi connectivity index (χ0) is 16.5. The lowest BCUT2D eigenvalue weighted by atomic mass is 9.79. The summed E-state index contributed by atoms with van der Waals surface area (Å²) in [5.41, 5.74) is 3.94. The van der Waals surface area contributed by atoms with Gasteiger partial charge in [-0.3, -0.25) is 4.99 Å². The van der Waals surface area contributed by atoms with E-state index in [2.05, 4.69) is 64.7 Å². The van der Waals surface area contributed by atoms with Gasteiger partial charge in [0, 0.05) is 29.5 Å². The van der Waals surface area contributed by atoms with Gasteiger partial charge in [-0.25, -0.2) is 0 Å². The van der Waals surface area contributed by atoms with Gasteiger partial charge in [-0.1, -0.05) is 59.8 Å². The number of phenols is 1. The second-order valence-electron chi connectivity index (χ2n) is 8.01. The highest BCUT2D eigenvalue weighted by molar-refractivity contribution is 5.85. The Morgan fingerprint density at radius 3 is 2.23 bits per heavy atom. The van der Waals surface area contributed by atoms with Crippen LogP contribution in [0.5, 0.6) is 5.75 Å². The van der Waals surface area contributed by atoms with Gasteiger partial charge in [0.2, 0.25) is 0 Å². The molecule has 0 amide bonds. The Morgan fingerprint density at radius 2 is 1.73 bits per heavy atom.